The van der Waals surface area contributed by atoms with Gasteiger partial charge in [-0.3, -0.25) is 0 Å². The molecule has 0 bridgehead atoms. The molecule has 0 atom stereocenters. The zero-order valence-corrected chi connectivity index (χ0v) is 9.68. The summed E-state index contributed by atoms with van der Waals surface area (Å²) in [7, 11) is 0. The van der Waals surface area contributed by atoms with Gasteiger partial charge in [-0.2, -0.15) is 13.2 Å². The molecular weight excluding hydrogens is 348 g/mol. The first-order chi connectivity index (χ1) is 7.27. The first-order valence-electron chi connectivity index (χ1n) is 3.93. The molecule has 1 rings (SSSR count). The Balaban J connectivity index is 3.51. The summed E-state index contributed by atoms with van der Waals surface area (Å²) < 4.78 is 62.2. The van der Waals surface area contributed by atoms with Crippen LogP contribution in [0.25, 0.3) is 0 Å². The molecule has 0 radical (unpaired) electrons. The van der Waals surface area contributed by atoms with Crippen LogP contribution in [-0.4, -0.2) is 10.1 Å². The third-order valence-electron chi connectivity index (χ3n) is 1.78. The summed E-state index contributed by atoms with van der Waals surface area (Å²) in [5.41, 5.74) is -3.35. The van der Waals surface area contributed by atoms with Gasteiger partial charge < -0.3 is 5.11 Å². The second kappa shape index (κ2) is 4.78. The van der Waals surface area contributed by atoms with Crippen LogP contribution in [0.3, 0.4) is 0 Å². The van der Waals surface area contributed by atoms with Crippen molar-refractivity contribution in [2.45, 2.75) is 19.2 Å². The second-order valence-corrected chi connectivity index (χ2v) is 3.91. The van der Waals surface area contributed by atoms with E-state index in [4.69, 9.17) is 5.11 Å². The van der Waals surface area contributed by atoms with Gasteiger partial charge in [0, 0.05) is 0 Å². The van der Waals surface area contributed by atoms with Crippen LogP contribution >= 0.6 is 22.6 Å². The minimum Gasteiger partial charge on any atom is -0.390 e. The maximum atomic E-state index is 12.5. The summed E-state index contributed by atoms with van der Waals surface area (Å²) in [4.78, 5) is 3.44. The first kappa shape index (κ1) is 13.6. The summed E-state index contributed by atoms with van der Waals surface area (Å²) >= 11 is 1.47. The quantitative estimate of drug-likeness (QED) is 0.504. The lowest BCUT2D eigenvalue weighted by molar-refractivity contribution is -0.139. The third-order valence-corrected chi connectivity index (χ3v) is 2.33. The fraction of sp³-hybridized carbons (Fsp3) is 0.375. The van der Waals surface area contributed by atoms with Crippen LogP contribution in [0.1, 0.15) is 23.2 Å². The molecule has 0 aliphatic rings. The number of aliphatic hydroxyl groups excluding tert-OH is 1. The van der Waals surface area contributed by atoms with Crippen molar-refractivity contribution in [2.24, 2.45) is 0 Å². The van der Waals surface area contributed by atoms with Gasteiger partial charge in [0.05, 0.1) is 23.4 Å². The van der Waals surface area contributed by atoms with E-state index in [9.17, 15) is 22.0 Å². The zero-order valence-electron chi connectivity index (χ0n) is 7.52. The molecule has 0 unspecified atom stereocenters. The van der Waals surface area contributed by atoms with Gasteiger partial charge in [0.2, 0.25) is 0 Å². The Bertz CT molecular complexity index is 393. The van der Waals surface area contributed by atoms with E-state index < -0.39 is 36.0 Å². The minimum absolute atomic E-state index is 0.0987. The smallest absolute Gasteiger partial charge is 0.390 e. The molecule has 1 N–H and O–H groups in total. The maximum Gasteiger partial charge on any atom is 0.417 e. The van der Waals surface area contributed by atoms with E-state index in [1.165, 1.54) is 22.6 Å². The molecule has 2 nitrogen and oxygen atoms in total. The van der Waals surface area contributed by atoms with Crippen LogP contribution in [0.5, 0.6) is 0 Å². The van der Waals surface area contributed by atoms with Crippen molar-refractivity contribution in [1.82, 2.24) is 4.98 Å². The topological polar surface area (TPSA) is 33.1 Å². The van der Waals surface area contributed by atoms with E-state index in [1.54, 1.807) is 0 Å². The minimum atomic E-state index is -4.89. The molecular formula is C8H5F5INO. The van der Waals surface area contributed by atoms with E-state index >= 15 is 0 Å². The van der Waals surface area contributed by atoms with Gasteiger partial charge in [-0.25, -0.2) is 13.8 Å². The van der Waals surface area contributed by atoms with Crippen molar-refractivity contribution in [1.29, 1.82) is 0 Å². The van der Waals surface area contributed by atoms with Crippen molar-refractivity contribution < 1.29 is 27.1 Å². The van der Waals surface area contributed by atoms with E-state index in [-0.39, 0.29) is 3.70 Å². The van der Waals surface area contributed by atoms with Gasteiger partial charge in [0.15, 0.2) is 0 Å². The van der Waals surface area contributed by atoms with Crippen LogP contribution in [0.15, 0.2) is 6.07 Å². The molecule has 0 saturated heterocycles. The molecule has 0 aliphatic heterocycles. The molecule has 0 saturated carbocycles. The Kier molecular flexibility index (Phi) is 4.05. The number of aromatic nitrogens is 1. The standard InChI is InChI=1S/C8H5F5INO/c9-7(10)6-3(8(11,12)13)1-5(14)15-4(6)2-16/h1,7,16H,2H2. The molecule has 0 fully saturated rings. The molecule has 1 aromatic rings. The summed E-state index contributed by atoms with van der Waals surface area (Å²) in [5, 5.41) is 8.72. The van der Waals surface area contributed by atoms with E-state index in [0.29, 0.717) is 6.07 Å². The van der Waals surface area contributed by atoms with Gasteiger partial charge in [0.25, 0.3) is 6.43 Å². The number of alkyl halides is 5. The Hall–Kier alpha value is -0.510. The number of rotatable bonds is 2. The number of hydrogen-bond acceptors (Lipinski definition) is 2. The van der Waals surface area contributed by atoms with Gasteiger partial charge in [0.1, 0.15) is 3.70 Å². The Morgan fingerprint density at radius 1 is 1.38 bits per heavy atom. The highest BCUT2D eigenvalue weighted by molar-refractivity contribution is 14.1. The largest absolute Gasteiger partial charge is 0.417 e. The summed E-state index contributed by atoms with van der Waals surface area (Å²) in [6.45, 7) is -0.959. The highest BCUT2D eigenvalue weighted by Crippen LogP contribution is 2.38. The molecule has 0 aliphatic carbocycles. The predicted molar refractivity (Wildman–Crippen MR) is 52.8 cm³/mol. The SMILES string of the molecule is OCc1nc(I)cc(C(F)(F)F)c1C(F)F. The Morgan fingerprint density at radius 3 is 2.31 bits per heavy atom. The van der Waals surface area contributed by atoms with Crippen molar-refractivity contribution in [3.05, 3.63) is 26.6 Å². The van der Waals surface area contributed by atoms with Gasteiger partial charge in [-0.15, -0.1) is 0 Å². The fourth-order valence-electron chi connectivity index (χ4n) is 1.17. The van der Waals surface area contributed by atoms with Gasteiger partial charge >= 0.3 is 6.18 Å². The molecule has 16 heavy (non-hydrogen) atoms. The van der Waals surface area contributed by atoms with Crippen molar-refractivity contribution in [3.63, 3.8) is 0 Å². The summed E-state index contributed by atoms with van der Waals surface area (Å²) in [6, 6.07) is 0.529. The van der Waals surface area contributed by atoms with Crippen LogP contribution < -0.4 is 0 Å². The maximum absolute atomic E-state index is 12.5. The number of halogens is 6. The fourth-order valence-corrected chi connectivity index (χ4v) is 1.77. The number of hydrogen-bond donors (Lipinski definition) is 1. The van der Waals surface area contributed by atoms with Crippen LogP contribution in [0.2, 0.25) is 0 Å². The van der Waals surface area contributed by atoms with Crippen LogP contribution in [0.4, 0.5) is 22.0 Å². The van der Waals surface area contributed by atoms with Crippen molar-refractivity contribution in [3.8, 4) is 0 Å². The monoisotopic (exact) mass is 353 g/mol. The zero-order chi connectivity index (χ0) is 12.5. The number of pyridine rings is 1. The van der Waals surface area contributed by atoms with Crippen molar-refractivity contribution >= 4 is 22.6 Å². The van der Waals surface area contributed by atoms with Crippen LogP contribution in [0, 0.1) is 3.70 Å². The first-order valence-corrected chi connectivity index (χ1v) is 5.00. The van der Waals surface area contributed by atoms with E-state index in [2.05, 4.69) is 4.98 Å². The highest BCUT2D eigenvalue weighted by Gasteiger charge is 2.37. The van der Waals surface area contributed by atoms with Gasteiger partial charge in [-0.1, -0.05) is 0 Å². The predicted octanol–water partition coefficient (Wildman–Crippen LogP) is 3.13. The van der Waals surface area contributed by atoms with Crippen LogP contribution in [-0.2, 0) is 12.8 Å². The number of aliphatic hydroxyl groups is 1. The Morgan fingerprint density at radius 2 is 1.94 bits per heavy atom. The lowest BCUT2D eigenvalue weighted by Gasteiger charge is -2.15. The summed E-state index contributed by atoms with van der Waals surface area (Å²) in [5.74, 6) is 0. The van der Waals surface area contributed by atoms with Gasteiger partial charge in [-0.05, 0) is 28.7 Å². The summed E-state index contributed by atoms with van der Waals surface area (Å²) in [6.07, 6.45) is -8.22. The van der Waals surface area contributed by atoms with Crippen molar-refractivity contribution in [2.75, 3.05) is 0 Å². The lowest BCUT2D eigenvalue weighted by Crippen LogP contribution is -2.14. The molecule has 90 valence electrons. The highest BCUT2D eigenvalue weighted by atomic mass is 127. The molecule has 8 heteroatoms. The molecule has 0 spiro atoms. The lowest BCUT2D eigenvalue weighted by atomic mass is 10.1. The van der Waals surface area contributed by atoms with E-state index in [1.807, 2.05) is 0 Å². The van der Waals surface area contributed by atoms with E-state index in [0.717, 1.165) is 0 Å². The molecule has 1 aromatic heterocycles. The average molecular weight is 353 g/mol. The molecule has 0 aromatic carbocycles. The number of nitrogens with zero attached hydrogens (tertiary/aromatic N) is 1. The Labute approximate surface area is 101 Å². The average Bonchev–Trinajstić information content (AvgIpc) is 2.14. The molecule has 1 heterocycles. The molecule has 0 amide bonds. The third kappa shape index (κ3) is 2.78. The normalized spacial score (nSPS) is 12.2. The second-order valence-electron chi connectivity index (χ2n) is 2.81.